The van der Waals surface area contributed by atoms with Crippen LogP contribution in [0.5, 0.6) is 0 Å². The van der Waals surface area contributed by atoms with Gasteiger partial charge in [-0.1, -0.05) is 54.6 Å². The van der Waals surface area contributed by atoms with Crippen LogP contribution in [0, 0.1) is 6.92 Å². The number of benzene rings is 2. The number of likely N-dealkylation sites (tertiary alicyclic amines) is 1. The molecule has 204 valence electrons. The lowest BCUT2D eigenvalue weighted by Crippen LogP contribution is -2.40. The molecular weight excluding hydrogens is 500 g/mol. The Morgan fingerprint density at radius 2 is 1.77 bits per heavy atom. The lowest BCUT2D eigenvalue weighted by Gasteiger charge is -2.31. The number of fused-ring (bicyclic) bond motifs is 3. The highest BCUT2D eigenvalue weighted by Crippen LogP contribution is 2.33. The average molecular weight is 535 g/mol. The van der Waals surface area contributed by atoms with Gasteiger partial charge >= 0.3 is 6.09 Å². The van der Waals surface area contributed by atoms with E-state index >= 15 is 0 Å². The number of ether oxygens (including phenoxy) is 1. The third-order valence-corrected chi connectivity index (χ3v) is 7.31. The van der Waals surface area contributed by atoms with Crippen molar-refractivity contribution in [2.75, 3.05) is 13.1 Å². The highest BCUT2D eigenvalue weighted by molar-refractivity contribution is 5.90. The van der Waals surface area contributed by atoms with E-state index in [1.807, 2.05) is 43.6 Å². The SMILES string of the molecule is Cc1cc2ncc3cc(-c4ccccc4)c(-c4ccc(CN5CCC(OC(=O)NC(C)C)CC5)cc4)nc3n2n1. The smallest absolute Gasteiger partial charge is 0.407 e. The van der Waals surface area contributed by atoms with Gasteiger partial charge in [0.25, 0.3) is 0 Å². The number of piperidine rings is 1. The van der Waals surface area contributed by atoms with Gasteiger partial charge in [-0.3, -0.25) is 4.90 Å². The molecule has 0 unspecified atom stereocenters. The van der Waals surface area contributed by atoms with Crippen molar-refractivity contribution >= 4 is 22.8 Å². The fourth-order valence-electron chi connectivity index (χ4n) is 5.34. The minimum absolute atomic E-state index is 0.0204. The summed E-state index contributed by atoms with van der Waals surface area (Å²) in [5, 5.41) is 8.40. The number of hydrogen-bond donors (Lipinski definition) is 1. The fraction of sp³-hybridized carbons (Fsp3) is 0.312. The molecule has 0 bridgehead atoms. The molecule has 0 radical (unpaired) electrons. The molecule has 1 fully saturated rings. The number of carbonyl (C=O) groups is 1. The van der Waals surface area contributed by atoms with Gasteiger partial charge in [0, 0.05) is 54.5 Å². The summed E-state index contributed by atoms with van der Waals surface area (Å²) in [5.41, 5.74) is 7.90. The highest BCUT2D eigenvalue weighted by atomic mass is 16.6. The highest BCUT2D eigenvalue weighted by Gasteiger charge is 2.23. The zero-order valence-electron chi connectivity index (χ0n) is 23.2. The van der Waals surface area contributed by atoms with Crippen LogP contribution >= 0.6 is 0 Å². The molecule has 6 rings (SSSR count). The molecule has 0 spiro atoms. The Bertz CT molecular complexity index is 1640. The molecule has 5 aromatic rings. The van der Waals surface area contributed by atoms with Crippen molar-refractivity contribution < 1.29 is 9.53 Å². The topological polar surface area (TPSA) is 84.7 Å². The molecule has 1 amide bonds. The van der Waals surface area contributed by atoms with Gasteiger partial charge in [-0.05, 0) is 50.8 Å². The second-order valence-corrected chi connectivity index (χ2v) is 10.9. The van der Waals surface area contributed by atoms with Crippen molar-refractivity contribution in [2.45, 2.75) is 52.3 Å². The van der Waals surface area contributed by atoms with Gasteiger partial charge in [0.1, 0.15) is 6.10 Å². The third kappa shape index (κ3) is 5.53. The number of aryl methyl sites for hydroxylation is 1. The van der Waals surface area contributed by atoms with Crippen molar-refractivity contribution in [3.63, 3.8) is 0 Å². The van der Waals surface area contributed by atoms with Crippen LogP contribution in [-0.4, -0.2) is 55.8 Å². The molecule has 1 aliphatic rings. The van der Waals surface area contributed by atoms with Crippen LogP contribution in [0.15, 0.2) is 72.9 Å². The van der Waals surface area contributed by atoms with E-state index in [0.717, 1.165) is 77.2 Å². The number of amides is 1. The van der Waals surface area contributed by atoms with Crippen LogP contribution < -0.4 is 5.32 Å². The molecule has 40 heavy (non-hydrogen) atoms. The molecule has 8 nitrogen and oxygen atoms in total. The average Bonchev–Trinajstić information content (AvgIpc) is 3.35. The monoisotopic (exact) mass is 534 g/mol. The lowest BCUT2D eigenvalue weighted by atomic mass is 9.97. The standard InChI is InChI=1S/C32H34N6O2/c1-21(2)34-32(39)40-27-13-15-37(16-14-27)20-23-9-11-25(12-10-23)30-28(24-7-5-4-6-8-24)18-26-19-33-29-17-22(3)36-38(29)31(26)35-30/h4-12,17-19,21,27H,13-16,20H2,1-3H3,(H,34,39). The molecular formula is C32H34N6O2. The Morgan fingerprint density at radius 3 is 2.50 bits per heavy atom. The van der Waals surface area contributed by atoms with Crippen LogP contribution in [0.2, 0.25) is 0 Å². The number of hydrogen-bond acceptors (Lipinski definition) is 6. The van der Waals surface area contributed by atoms with Crippen molar-refractivity contribution in [2.24, 2.45) is 0 Å². The first-order valence-electron chi connectivity index (χ1n) is 13.9. The summed E-state index contributed by atoms with van der Waals surface area (Å²) in [5.74, 6) is 0. The Morgan fingerprint density at radius 1 is 1.02 bits per heavy atom. The van der Waals surface area contributed by atoms with Crippen LogP contribution in [0.4, 0.5) is 4.79 Å². The molecule has 2 aromatic carbocycles. The van der Waals surface area contributed by atoms with Gasteiger partial charge < -0.3 is 10.1 Å². The predicted octanol–water partition coefficient (Wildman–Crippen LogP) is 6.02. The van der Waals surface area contributed by atoms with E-state index in [1.165, 1.54) is 5.56 Å². The molecule has 0 aliphatic carbocycles. The molecule has 1 N–H and O–H groups in total. The summed E-state index contributed by atoms with van der Waals surface area (Å²) < 4.78 is 7.41. The maximum atomic E-state index is 11.9. The summed E-state index contributed by atoms with van der Waals surface area (Å²) in [6, 6.07) is 23.3. The van der Waals surface area contributed by atoms with E-state index in [1.54, 1.807) is 0 Å². The molecule has 0 atom stereocenters. The Hall–Kier alpha value is -4.30. The second kappa shape index (κ2) is 11.1. The number of nitrogens with one attached hydrogen (secondary N) is 1. The maximum absolute atomic E-state index is 11.9. The van der Waals surface area contributed by atoms with Gasteiger partial charge in [0.15, 0.2) is 11.3 Å². The zero-order chi connectivity index (χ0) is 27.6. The van der Waals surface area contributed by atoms with E-state index in [-0.39, 0.29) is 18.2 Å². The number of pyridine rings is 1. The first-order chi connectivity index (χ1) is 19.4. The van der Waals surface area contributed by atoms with E-state index in [2.05, 4.69) is 74.9 Å². The summed E-state index contributed by atoms with van der Waals surface area (Å²) in [6.07, 6.45) is 3.24. The lowest BCUT2D eigenvalue weighted by molar-refractivity contribution is 0.0476. The number of rotatable bonds is 6. The van der Waals surface area contributed by atoms with Crippen LogP contribution in [0.25, 0.3) is 39.1 Å². The first-order valence-corrected chi connectivity index (χ1v) is 13.9. The molecule has 0 saturated carbocycles. The van der Waals surface area contributed by atoms with Crippen LogP contribution in [0.3, 0.4) is 0 Å². The summed E-state index contributed by atoms with van der Waals surface area (Å²) in [7, 11) is 0. The molecule has 8 heteroatoms. The largest absolute Gasteiger partial charge is 0.446 e. The quantitative estimate of drug-likeness (QED) is 0.287. The van der Waals surface area contributed by atoms with Crippen molar-refractivity contribution in [1.29, 1.82) is 0 Å². The normalized spacial score (nSPS) is 14.7. The van der Waals surface area contributed by atoms with E-state index in [9.17, 15) is 4.79 Å². The predicted molar refractivity (Wildman–Crippen MR) is 157 cm³/mol. The number of carbonyl (C=O) groups excluding carboxylic acids is 1. The number of alkyl carbamates (subject to hydrolysis) is 1. The van der Waals surface area contributed by atoms with Crippen molar-refractivity contribution in [3.05, 3.63) is 84.2 Å². The van der Waals surface area contributed by atoms with Crippen LogP contribution in [0.1, 0.15) is 37.9 Å². The summed E-state index contributed by atoms with van der Waals surface area (Å²) in [4.78, 5) is 24.1. The maximum Gasteiger partial charge on any atom is 0.407 e. The Balaban J connectivity index is 1.23. The van der Waals surface area contributed by atoms with Crippen LogP contribution in [-0.2, 0) is 11.3 Å². The van der Waals surface area contributed by atoms with E-state index in [0.29, 0.717) is 0 Å². The number of aromatic nitrogens is 4. The molecule has 1 saturated heterocycles. The van der Waals surface area contributed by atoms with Gasteiger partial charge in [0.2, 0.25) is 0 Å². The first kappa shape index (κ1) is 26.0. The van der Waals surface area contributed by atoms with Gasteiger partial charge in [0.05, 0.1) is 11.4 Å². The Labute approximate surface area is 234 Å². The van der Waals surface area contributed by atoms with Gasteiger partial charge in [-0.2, -0.15) is 9.61 Å². The minimum Gasteiger partial charge on any atom is -0.446 e. The zero-order valence-corrected chi connectivity index (χ0v) is 23.2. The molecule has 4 heterocycles. The summed E-state index contributed by atoms with van der Waals surface area (Å²) >= 11 is 0. The summed E-state index contributed by atoms with van der Waals surface area (Å²) in [6.45, 7) is 8.50. The Kier molecular flexibility index (Phi) is 7.17. The third-order valence-electron chi connectivity index (χ3n) is 7.31. The van der Waals surface area contributed by atoms with Gasteiger partial charge in [-0.15, -0.1) is 0 Å². The fourth-order valence-corrected chi connectivity index (χ4v) is 5.34. The van der Waals surface area contributed by atoms with Crippen molar-refractivity contribution in [3.8, 4) is 22.4 Å². The van der Waals surface area contributed by atoms with E-state index in [4.69, 9.17) is 9.72 Å². The number of nitrogens with zero attached hydrogens (tertiary/aromatic N) is 5. The van der Waals surface area contributed by atoms with Gasteiger partial charge in [-0.25, -0.2) is 14.8 Å². The molecule has 1 aliphatic heterocycles. The molecule has 3 aromatic heterocycles. The minimum atomic E-state index is -0.319. The second-order valence-electron chi connectivity index (χ2n) is 10.9. The van der Waals surface area contributed by atoms with E-state index < -0.39 is 0 Å². The van der Waals surface area contributed by atoms with Crippen molar-refractivity contribution in [1.82, 2.24) is 29.8 Å².